The summed E-state index contributed by atoms with van der Waals surface area (Å²) in [6.45, 7) is -0.324. The van der Waals surface area contributed by atoms with E-state index in [1.807, 2.05) is 0 Å². The number of rotatable bonds is 6. The minimum atomic E-state index is -1.23. The monoisotopic (exact) mass is 349 g/mol. The van der Waals surface area contributed by atoms with E-state index in [2.05, 4.69) is 10.9 Å². The van der Waals surface area contributed by atoms with E-state index in [1.165, 1.54) is 7.11 Å². The van der Waals surface area contributed by atoms with Crippen molar-refractivity contribution < 1.29 is 29.0 Å². The Morgan fingerprint density at radius 3 is 2.36 bits per heavy atom. The van der Waals surface area contributed by atoms with Crippen molar-refractivity contribution in [1.29, 1.82) is 0 Å². The van der Waals surface area contributed by atoms with E-state index >= 15 is 0 Å². The Bertz CT molecular complexity index is 633. The van der Waals surface area contributed by atoms with Gasteiger partial charge in [0.1, 0.15) is 0 Å². The number of ether oxygens (including phenoxy) is 2. The predicted molar refractivity (Wildman–Crippen MR) is 85.2 cm³/mol. The van der Waals surface area contributed by atoms with Gasteiger partial charge in [0.05, 0.1) is 7.11 Å². The lowest BCUT2D eigenvalue weighted by Crippen LogP contribution is -2.50. The fraction of sp³-hybridized carbons (Fsp3) is 0.471. The molecule has 0 spiro atoms. The molecule has 1 aromatic rings. The number of carbonyl (C=O) groups excluding carboxylic acids is 3. The predicted octanol–water partition coefficient (Wildman–Crippen LogP) is -0.222. The minimum absolute atomic E-state index is 0.324. The van der Waals surface area contributed by atoms with E-state index in [0.717, 1.165) is 12.8 Å². The molecule has 1 fully saturated rings. The molecule has 0 radical (unpaired) electrons. The van der Waals surface area contributed by atoms with Gasteiger partial charge in [-0.2, -0.15) is 0 Å². The molecule has 1 saturated carbocycles. The van der Waals surface area contributed by atoms with Crippen molar-refractivity contribution in [2.24, 2.45) is 11.8 Å². The van der Waals surface area contributed by atoms with Gasteiger partial charge in [0.25, 0.3) is 5.91 Å². The summed E-state index contributed by atoms with van der Waals surface area (Å²) in [5.74, 6) is -2.97. The molecule has 2 amide bonds. The maximum Gasteiger partial charge on any atom is 0.276 e. The van der Waals surface area contributed by atoms with Crippen molar-refractivity contribution in [1.82, 2.24) is 10.9 Å². The van der Waals surface area contributed by atoms with Crippen molar-refractivity contribution >= 4 is 17.8 Å². The lowest BCUT2D eigenvalue weighted by molar-refractivity contribution is -0.314. The fourth-order valence-electron chi connectivity index (χ4n) is 2.87. The van der Waals surface area contributed by atoms with E-state index in [1.54, 1.807) is 24.3 Å². The second kappa shape index (κ2) is 8.91. The van der Waals surface area contributed by atoms with Crippen molar-refractivity contribution in [2.45, 2.75) is 25.7 Å². The molecule has 0 aliphatic heterocycles. The van der Waals surface area contributed by atoms with Gasteiger partial charge in [0.15, 0.2) is 18.1 Å². The number of carboxylic acid groups (broad SMARTS) is 1. The van der Waals surface area contributed by atoms with Crippen LogP contribution in [0.1, 0.15) is 25.7 Å². The molecular weight excluding hydrogens is 328 g/mol. The molecule has 0 aromatic heterocycles. The molecule has 0 unspecified atom stereocenters. The Kier molecular flexibility index (Phi) is 6.62. The molecule has 136 valence electrons. The molecular formula is C17H21N2O6-. The Labute approximate surface area is 145 Å². The molecule has 8 nitrogen and oxygen atoms in total. The second-order valence-electron chi connectivity index (χ2n) is 5.79. The van der Waals surface area contributed by atoms with Crippen LogP contribution in [-0.4, -0.2) is 31.5 Å². The standard InChI is InChI=1S/C17H22N2O6/c1-24-13-8-4-5-9-14(13)25-10-15(20)18-19-16(21)11-6-2-3-7-12(11)17(22)23/h4-5,8-9,11-12H,2-3,6-7,10H2,1H3,(H,18,20)(H,19,21)(H,22,23)/p-1/t11-,12+/m1/s1. The van der Waals surface area contributed by atoms with Crippen LogP contribution in [0.25, 0.3) is 0 Å². The van der Waals surface area contributed by atoms with Crippen molar-refractivity contribution in [3.05, 3.63) is 24.3 Å². The lowest BCUT2D eigenvalue weighted by Gasteiger charge is -2.31. The van der Waals surface area contributed by atoms with Crippen LogP contribution >= 0.6 is 0 Å². The summed E-state index contributed by atoms with van der Waals surface area (Å²) in [4.78, 5) is 35.0. The van der Waals surface area contributed by atoms with Crippen LogP contribution in [0.5, 0.6) is 11.5 Å². The van der Waals surface area contributed by atoms with Gasteiger partial charge in [-0.05, 0) is 25.0 Å². The number of benzene rings is 1. The van der Waals surface area contributed by atoms with Crippen molar-refractivity contribution in [3.63, 3.8) is 0 Å². The van der Waals surface area contributed by atoms with E-state index in [-0.39, 0.29) is 6.61 Å². The Balaban J connectivity index is 1.81. The van der Waals surface area contributed by atoms with Gasteiger partial charge in [-0.1, -0.05) is 25.0 Å². The molecule has 0 bridgehead atoms. The highest BCUT2D eigenvalue weighted by Gasteiger charge is 2.31. The van der Waals surface area contributed by atoms with Crippen LogP contribution < -0.4 is 25.4 Å². The summed E-state index contributed by atoms with van der Waals surface area (Å²) in [6.07, 6.45) is 2.39. The van der Waals surface area contributed by atoms with Gasteiger partial charge in [-0.15, -0.1) is 0 Å². The number of carbonyl (C=O) groups is 3. The Hall–Kier alpha value is -2.77. The van der Waals surface area contributed by atoms with Crippen LogP contribution in [-0.2, 0) is 14.4 Å². The number of hydrogen-bond donors (Lipinski definition) is 2. The second-order valence-corrected chi connectivity index (χ2v) is 5.79. The number of amides is 2. The smallest absolute Gasteiger partial charge is 0.276 e. The van der Waals surface area contributed by atoms with Crippen LogP contribution in [0, 0.1) is 11.8 Å². The fourth-order valence-corrected chi connectivity index (χ4v) is 2.87. The zero-order chi connectivity index (χ0) is 18.2. The SMILES string of the molecule is COc1ccccc1OCC(=O)NNC(=O)[C@@H]1CCCC[C@@H]1C(=O)[O-]. The third-order valence-corrected chi connectivity index (χ3v) is 4.16. The quantitative estimate of drug-likeness (QED) is 0.686. The molecule has 2 rings (SSSR count). The van der Waals surface area contributed by atoms with Crippen LogP contribution in [0.15, 0.2) is 24.3 Å². The lowest BCUT2D eigenvalue weighted by atomic mass is 9.79. The largest absolute Gasteiger partial charge is 0.550 e. The molecule has 0 heterocycles. The highest BCUT2D eigenvalue weighted by atomic mass is 16.5. The molecule has 1 aliphatic carbocycles. The number of carboxylic acids is 1. The van der Waals surface area contributed by atoms with Crippen LogP contribution in [0.2, 0.25) is 0 Å². The molecule has 0 saturated heterocycles. The van der Waals surface area contributed by atoms with Crippen LogP contribution in [0.4, 0.5) is 0 Å². The highest BCUT2D eigenvalue weighted by molar-refractivity contribution is 5.87. The minimum Gasteiger partial charge on any atom is -0.550 e. The summed E-state index contributed by atoms with van der Waals surface area (Å²) in [7, 11) is 1.49. The van der Waals surface area contributed by atoms with Gasteiger partial charge >= 0.3 is 0 Å². The number of hydrazine groups is 1. The maximum absolute atomic E-state index is 12.1. The Morgan fingerprint density at radius 2 is 1.72 bits per heavy atom. The van der Waals surface area contributed by atoms with Crippen LogP contribution in [0.3, 0.4) is 0 Å². The number of methoxy groups -OCH3 is 1. The van der Waals surface area contributed by atoms with E-state index in [9.17, 15) is 19.5 Å². The van der Waals surface area contributed by atoms with Gasteiger partial charge in [0.2, 0.25) is 5.91 Å². The molecule has 25 heavy (non-hydrogen) atoms. The molecule has 8 heteroatoms. The first kappa shape index (κ1) is 18.6. The van der Waals surface area contributed by atoms with Gasteiger partial charge in [-0.3, -0.25) is 20.4 Å². The van der Waals surface area contributed by atoms with Gasteiger partial charge in [-0.25, -0.2) is 0 Å². The van der Waals surface area contributed by atoms with Gasteiger partial charge in [0, 0.05) is 17.8 Å². The summed E-state index contributed by atoms with van der Waals surface area (Å²) in [5, 5.41) is 11.1. The normalized spacial score (nSPS) is 19.6. The number of para-hydroxylation sites is 2. The summed E-state index contributed by atoms with van der Waals surface area (Å²) >= 11 is 0. The number of nitrogens with one attached hydrogen (secondary N) is 2. The zero-order valence-corrected chi connectivity index (χ0v) is 13.9. The maximum atomic E-state index is 12.1. The molecule has 2 atom stereocenters. The van der Waals surface area contributed by atoms with E-state index < -0.39 is 29.6 Å². The van der Waals surface area contributed by atoms with Gasteiger partial charge < -0.3 is 19.4 Å². The molecule has 1 aliphatic rings. The molecule has 2 N–H and O–H groups in total. The number of hydrogen-bond acceptors (Lipinski definition) is 6. The highest BCUT2D eigenvalue weighted by Crippen LogP contribution is 2.29. The Morgan fingerprint density at radius 1 is 1.08 bits per heavy atom. The summed E-state index contributed by atoms with van der Waals surface area (Å²) < 4.78 is 10.4. The van der Waals surface area contributed by atoms with E-state index in [0.29, 0.717) is 24.3 Å². The third-order valence-electron chi connectivity index (χ3n) is 4.16. The topological polar surface area (TPSA) is 117 Å². The van der Waals surface area contributed by atoms with Crippen molar-refractivity contribution in [2.75, 3.05) is 13.7 Å². The number of aliphatic carboxylic acids is 1. The first-order valence-electron chi connectivity index (χ1n) is 8.08. The average Bonchev–Trinajstić information content (AvgIpc) is 2.64. The molecule has 1 aromatic carbocycles. The first-order chi connectivity index (χ1) is 12.0. The summed E-state index contributed by atoms with van der Waals surface area (Å²) in [6, 6.07) is 6.85. The van der Waals surface area contributed by atoms with Crippen molar-refractivity contribution in [3.8, 4) is 11.5 Å². The zero-order valence-electron chi connectivity index (χ0n) is 13.9. The summed E-state index contributed by atoms with van der Waals surface area (Å²) in [5.41, 5.74) is 4.49. The third kappa shape index (κ3) is 5.10. The van der Waals surface area contributed by atoms with E-state index in [4.69, 9.17) is 9.47 Å². The average molecular weight is 349 g/mol. The first-order valence-corrected chi connectivity index (χ1v) is 8.08.